The molecule has 206 valence electrons. The molecule has 1 aromatic carbocycles. The molecule has 0 bridgehead atoms. The Balaban J connectivity index is 1.82. The van der Waals surface area contributed by atoms with Crippen LogP contribution in [0.3, 0.4) is 0 Å². The summed E-state index contributed by atoms with van der Waals surface area (Å²) in [6.07, 6.45) is -5.25. The van der Waals surface area contributed by atoms with Crippen LogP contribution in [0.15, 0.2) is 18.2 Å². The predicted octanol–water partition coefficient (Wildman–Crippen LogP) is 4.87. The summed E-state index contributed by atoms with van der Waals surface area (Å²) in [5.74, 6) is -0.837. The maximum absolute atomic E-state index is 13.1. The van der Waals surface area contributed by atoms with E-state index in [0.717, 1.165) is 0 Å². The maximum atomic E-state index is 13.1. The number of hydrogen-bond donors (Lipinski definition) is 3. The number of ether oxygens (including phenoxy) is 1. The standard InChI is InChI=1S/C24H29ClF5N3O4/c1-13-7-9-23(36,17(34)10-13)12-31-21(35)19-18(25)20(33(2)32-19)15-6-5-14(4-3-8-24(28,29)30)11-16(15)37-22(26)27/h5-6,11,13,17,22,34,36H,3-4,7-10,12H2,1-2H3,(H,31,35)/t13-,17-,23-/m1/s1. The summed E-state index contributed by atoms with van der Waals surface area (Å²) in [5.41, 5.74) is -1.25. The lowest BCUT2D eigenvalue weighted by atomic mass is 9.77. The van der Waals surface area contributed by atoms with E-state index in [-0.39, 0.29) is 53.0 Å². The van der Waals surface area contributed by atoms with Crippen molar-refractivity contribution < 1.29 is 41.7 Å². The minimum Gasteiger partial charge on any atom is -0.434 e. The molecule has 1 amide bonds. The molecule has 37 heavy (non-hydrogen) atoms. The molecule has 13 heteroatoms. The quantitative estimate of drug-likeness (QED) is 0.385. The molecule has 0 spiro atoms. The Morgan fingerprint density at radius 1 is 1.38 bits per heavy atom. The van der Waals surface area contributed by atoms with E-state index in [0.29, 0.717) is 24.8 Å². The molecule has 1 aromatic heterocycles. The fourth-order valence-corrected chi connectivity index (χ4v) is 4.79. The third kappa shape index (κ3) is 7.32. The Morgan fingerprint density at radius 2 is 2.08 bits per heavy atom. The lowest BCUT2D eigenvalue weighted by Crippen LogP contribution is -2.54. The van der Waals surface area contributed by atoms with Crippen LogP contribution >= 0.6 is 11.6 Å². The van der Waals surface area contributed by atoms with Gasteiger partial charge in [-0.25, -0.2) is 0 Å². The molecule has 3 atom stereocenters. The van der Waals surface area contributed by atoms with Crippen LogP contribution in [0.4, 0.5) is 22.0 Å². The molecule has 1 saturated carbocycles. The van der Waals surface area contributed by atoms with Crippen molar-refractivity contribution in [2.45, 2.75) is 69.9 Å². The number of amides is 1. The second-order valence-electron chi connectivity index (χ2n) is 9.49. The van der Waals surface area contributed by atoms with E-state index in [4.69, 9.17) is 11.6 Å². The lowest BCUT2D eigenvalue weighted by Gasteiger charge is -2.39. The molecular formula is C24H29ClF5N3O4. The molecule has 3 rings (SSSR count). The molecule has 1 heterocycles. The average Bonchev–Trinajstić information content (AvgIpc) is 3.08. The van der Waals surface area contributed by atoms with Crippen molar-refractivity contribution in [2.75, 3.05) is 6.54 Å². The Kier molecular flexibility index (Phi) is 9.07. The number of nitrogens with one attached hydrogen (secondary N) is 1. The van der Waals surface area contributed by atoms with E-state index in [9.17, 15) is 37.0 Å². The number of halogens is 6. The third-order valence-electron chi connectivity index (χ3n) is 6.52. The zero-order valence-corrected chi connectivity index (χ0v) is 21.0. The van der Waals surface area contributed by atoms with Crippen LogP contribution in [0.25, 0.3) is 11.3 Å². The smallest absolute Gasteiger partial charge is 0.389 e. The van der Waals surface area contributed by atoms with Crippen molar-refractivity contribution in [3.63, 3.8) is 0 Å². The highest BCUT2D eigenvalue weighted by molar-refractivity contribution is 6.36. The van der Waals surface area contributed by atoms with Gasteiger partial charge in [0.2, 0.25) is 0 Å². The van der Waals surface area contributed by atoms with Crippen molar-refractivity contribution in [3.8, 4) is 17.0 Å². The summed E-state index contributed by atoms with van der Waals surface area (Å²) in [6, 6.07) is 4.05. The minimum absolute atomic E-state index is 0.0142. The summed E-state index contributed by atoms with van der Waals surface area (Å²) in [5, 5.41) is 27.5. The summed E-state index contributed by atoms with van der Waals surface area (Å²) in [4.78, 5) is 12.8. The molecule has 1 aliphatic rings. The van der Waals surface area contributed by atoms with Crippen LogP contribution in [-0.4, -0.2) is 56.9 Å². The Hall–Kier alpha value is -2.44. The fraction of sp³-hybridized carbons (Fsp3) is 0.583. The molecule has 0 unspecified atom stereocenters. The summed E-state index contributed by atoms with van der Waals surface area (Å²) < 4.78 is 69.4. The van der Waals surface area contributed by atoms with Gasteiger partial charge < -0.3 is 20.3 Å². The highest BCUT2D eigenvalue weighted by Crippen LogP contribution is 2.38. The SMILES string of the molecule is C[C@@H]1CC[C@@](O)(CNC(=O)c2nn(C)c(-c3ccc(CCCC(F)(F)F)cc3OC(F)F)c2Cl)[C@H](O)C1. The number of nitrogens with zero attached hydrogens (tertiary/aromatic N) is 2. The molecule has 0 aliphatic heterocycles. The Labute approximate surface area is 215 Å². The van der Waals surface area contributed by atoms with Gasteiger partial charge in [-0.3, -0.25) is 9.48 Å². The number of aromatic nitrogens is 2. The number of benzene rings is 1. The molecular weight excluding hydrogens is 525 g/mol. The number of carbonyl (C=O) groups excluding carboxylic acids is 1. The fourth-order valence-electron chi connectivity index (χ4n) is 4.44. The zero-order valence-electron chi connectivity index (χ0n) is 20.3. The van der Waals surface area contributed by atoms with Crippen LogP contribution in [0.5, 0.6) is 5.75 Å². The number of aryl methyl sites for hydroxylation is 2. The van der Waals surface area contributed by atoms with Crippen LogP contribution in [-0.2, 0) is 13.5 Å². The summed E-state index contributed by atoms with van der Waals surface area (Å²) >= 11 is 6.42. The number of hydrogen-bond acceptors (Lipinski definition) is 5. The van der Waals surface area contributed by atoms with Crippen LogP contribution in [0.2, 0.25) is 5.02 Å². The number of aliphatic hydroxyl groups excluding tert-OH is 1. The van der Waals surface area contributed by atoms with Crippen molar-refractivity contribution in [3.05, 3.63) is 34.5 Å². The van der Waals surface area contributed by atoms with Crippen LogP contribution < -0.4 is 10.1 Å². The van der Waals surface area contributed by atoms with Gasteiger partial charge in [0.25, 0.3) is 5.91 Å². The lowest BCUT2D eigenvalue weighted by molar-refractivity contribution is -0.135. The average molecular weight is 554 g/mol. The van der Waals surface area contributed by atoms with Gasteiger partial charge in [0.05, 0.1) is 16.8 Å². The molecule has 2 aromatic rings. The molecule has 7 nitrogen and oxygen atoms in total. The maximum Gasteiger partial charge on any atom is 0.389 e. The summed E-state index contributed by atoms with van der Waals surface area (Å²) in [6.45, 7) is -1.50. The van der Waals surface area contributed by atoms with E-state index in [2.05, 4.69) is 15.2 Å². The van der Waals surface area contributed by atoms with Crippen molar-refractivity contribution in [2.24, 2.45) is 13.0 Å². The highest BCUT2D eigenvalue weighted by Gasteiger charge is 2.40. The van der Waals surface area contributed by atoms with Gasteiger partial charge in [0, 0.05) is 25.6 Å². The first-order chi connectivity index (χ1) is 17.2. The van der Waals surface area contributed by atoms with Gasteiger partial charge in [-0.2, -0.15) is 27.1 Å². The third-order valence-corrected chi connectivity index (χ3v) is 6.88. The van der Waals surface area contributed by atoms with E-state index >= 15 is 0 Å². The van der Waals surface area contributed by atoms with Gasteiger partial charge in [-0.05, 0) is 55.7 Å². The first-order valence-electron chi connectivity index (χ1n) is 11.8. The van der Waals surface area contributed by atoms with Gasteiger partial charge in [0.15, 0.2) is 5.69 Å². The molecule has 3 N–H and O–H groups in total. The monoisotopic (exact) mass is 553 g/mol. The number of carbonyl (C=O) groups is 1. The number of alkyl halides is 5. The van der Waals surface area contributed by atoms with Crippen LogP contribution in [0.1, 0.15) is 55.1 Å². The highest BCUT2D eigenvalue weighted by atomic mass is 35.5. The Bertz CT molecular complexity index is 1110. The molecule has 1 fully saturated rings. The molecule has 0 radical (unpaired) electrons. The van der Waals surface area contributed by atoms with E-state index in [1.165, 1.54) is 29.9 Å². The normalized spacial score (nSPS) is 22.4. The van der Waals surface area contributed by atoms with E-state index < -0.39 is 36.8 Å². The van der Waals surface area contributed by atoms with Crippen LogP contribution in [0, 0.1) is 5.92 Å². The minimum atomic E-state index is -4.33. The van der Waals surface area contributed by atoms with Crippen molar-refractivity contribution in [1.29, 1.82) is 0 Å². The Morgan fingerprint density at radius 3 is 2.70 bits per heavy atom. The van der Waals surface area contributed by atoms with Crippen molar-refractivity contribution >= 4 is 17.5 Å². The summed E-state index contributed by atoms with van der Waals surface area (Å²) in [7, 11) is 1.43. The van der Waals surface area contributed by atoms with E-state index in [1.807, 2.05) is 6.92 Å². The van der Waals surface area contributed by atoms with E-state index in [1.54, 1.807) is 0 Å². The largest absolute Gasteiger partial charge is 0.434 e. The predicted molar refractivity (Wildman–Crippen MR) is 126 cm³/mol. The van der Waals surface area contributed by atoms with Gasteiger partial charge in [-0.1, -0.05) is 24.6 Å². The molecule has 0 saturated heterocycles. The van der Waals surface area contributed by atoms with Gasteiger partial charge in [-0.15, -0.1) is 0 Å². The number of rotatable bonds is 9. The van der Waals surface area contributed by atoms with Crippen molar-refractivity contribution in [1.82, 2.24) is 15.1 Å². The first-order valence-corrected chi connectivity index (χ1v) is 12.1. The topological polar surface area (TPSA) is 96.6 Å². The number of aliphatic hydroxyl groups is 2. The molecule has 1 aliphatic carbocycles. The van der Waals surface area contributed by atoms with Gasteiger partial charge >= 0.3 is 12.8 Å². The zero-order chi connectivity index (χ0) is 27.5. The second-order valence-corrected chi connectivity index (χ2v) is 9.87. The second kappa shape index (κ2) is 11.5. The first kappa shape index (κ1) is 29.1. The van der Waals surface area contributed by atoms with Gasteiger partial charge in [0.1, 0.15) is 11.4 Å².